The van der Waals surface area contributed by atoms with E-state index < -0.39 is 17.7 Å². The molecule has 0 radical (unpaired) electrons. The lowest BCUT2D eigenvalue weighted by Gasteiger charge is -2.19. The molecule has 0 unspecified atom stereocenters. The maximum Gasteiger partial charge on any atom is 0.411 e. The fourth-order valence-electron chi connectivity index (χ4n) is 1.46. The minimum Gasteiger partial charge on any atom is -0.476 e. The van der Waals surface area contributed by atoms with Crippen LogP contribution in [0.15, 0.2) is 0 Å². The van der Waals surface area contributed by atoms with Crippen molar-refractivity contribution in [2.24, 2.45) is 0 Å². The van der Waals surface area contributed by atoms with Gasteiger partial charge in [-0.3, -0.25) is 0 Å². The van der Waals surface area contributed by atoms with Crippen LogP contribution >= 0.6 is 11.3 Å². The molecule has 0 atom stereocenters. The van der Waals surface area contributed by atoms with Gasteiger partial charge in [0.2, 0.25) is 0 Å². The number of halogens is 3. The number of thiazole rings is 1. The summed E-state index contributed by atoms with van der Waals surface area (Å²) in [7, 11) is 0. The standard InChI is InChI=1S/C9H9F3N2O2S/c1-4-5(6(15)16)13-7(17-4)14-8(2-3-8)9(10,11)12/h2-3H2,1H3,(H,13,14)(H,15,16). The molecule has 1 saturated carbocycles. The van der Waals surface area contributed by atoms with Crippen LogP contribution in [0.5, 0.6) is 0 Å². The van der Waals surface area contributed by atoms with Gasteiger partial charge in [0.1, 0.15) is 5.54 Å². The van der Waals surface area contributed by atoms with Crippen molar-refractivity contribution in [3.05, 3.63) is 10.6 Å². The van der Waals surface area contributed by atoms with Crippen molar-refractivity contribution in [3.8, 4) is 0 Å². The highest BCUT2D eigenvalue weighted by Crippen LogP contribution is 2.51. The average molecular weight is 266 g/mol. The summed E-state index contributed by atoms with van der Waals surface area (Å²) in [6.45, 7) is 1.51. The number of anilines is 1. The second-order valence-corrected chi connectivity index (χ2v) is 5.14. The van der Waals surface area contributed by atoms with Crippen LogP contribution in [0.2, 0.25) is 0 Å². The smallest absolute Gasteiger partial charge is 0.411 e. The Labute approximate surface area is 98.5 Å². The van der Waals surface area contributed by atoms with E-state index in [0.717, 1.165) is 11.3 Å². The molecule has 2 N–H and O–H groups in total. The van der Waals surface area contributed by atoms with Crippen molar-refractivity contribution in [1.29, 1.82) is 0 Å². The van der Waals surface area contributed by atoms with E-state index in [1.807, 2.05) is 0 Å². The molecule has 0 aromatic carbocycles. The van der Waals surface area contributed by atoms with Gasteiger partial charge in [0.05, 0.1) is 0 Å². The van der Waals surface area contributed by atoms with Gasteiger partial charge >= 0.3 is 12.1 Å². The SMILES string of the molecule is Cc1sc(NC2(C(F)(F)F)CC2)nc1C(=O)O. The summed E-state index contributed by atoms with van der Waals surface area (Å²) in [4.78, 5) is 14.8. The van der Waals surface area contributed by atoms with Crippen LogP contribution in [0.25, 0.3) is 0 Å². The molecule has 2 rings (SSSR count). The van der Waals surface area contributed by atoms with Gasteiger partial charge in [-0.15, -0.1) is 11.3 Å². The zero-order chi connectivity index (χ0) is 12.8. The molecule has 0 saturated heterocycles. The molecule has 0 bridgehead atoms. The molecule has 0 spiro atoms. The molecule has 1 fully saturated rings. The van der Waals surface area contributed by atoms with Crippen molar-refractivity contribution in [1.82, 2.24) is 4.98 Å². The predicted molar refractivity (Wildman–Crippen MR) is 55.5 cm³/mol. The van der Waals surface area contributed by atoms with Crippen LogP contribution in [-0.4, -0.2) is 27.8 Å². The molecule has 17 heavy (non-hydrogen) atoms. The molecule has 1 aromatic heterocycles. The van der Waals surface area contributed by atoms with E-state index in [9.17, 15) is 18.0 Å². The summed E-state index contributed by atoms with van der Waals surface area (Å²) in [5.74, 6) is -1.23. The Morgan fingerprint density at radius 2 is 2.12 bits per heavy atom. The Balaban J connectivity index is 2.21. The number of carboxylic acid groups (broad SMARTS) is 1. The molecule has 8 heteroatoms. The Morgan fingerprint density at radius 3 is 2.47 bits per heavy atom. The fourth-order valence-corrected chi connectivity index (χ4v) is 2.36. The summed E-state index contributed by atoms with van der Waals surface area (Å²) in [5.41, 5.74) is -2.11. The molecule has 1 aliphatic rings. The Hall–Kier alpha value is -1.31. The first-order valence-electron chi connectivity index (χ1n) is 4.81. The molecule has 1 heterocycles. The molecular weight excluding hydrogens is 257 g/mol. The largest absolute Gasteiger partial charge is 0.476 e. The van der Waals surface area contributed by atoms with E-state index in [4.69, 9.17) is 5.11 Å². The zero-order valence-electron chi connectivity index (χ0n) is 8.76. The highest BCUT2D eigenvalue weighted by Gasteiger charge is 2.64. The first kappa shape index (κ1) is 12.2. The van der Waals surface area contributed by atoms with Crippen molar-refractivity contribution in [3.63, 3.8) is 0 Å². The molecular formula is C9H9F3N2O2S. The Kier molecular flexibility index (Phi) is 2.57. The second-order valence-electron chi connectivity index (χ2n) is 3.93. The normalized spacial score (nSPS) is 17.9. The minimum absolute atomic E-state index is 0.00245. The van der Waals surface area contributed by atoms with Crippen LogP contribution in [-0.2, 0) is 0 Å². The van der Waals surface area contributed by atoms with Gasteiger partial charge in [0.25, 0.3) is 0 Å². The van der Waals surface area contributed by atoms with Crippen molar-refractivity contribution < 1.29 is 23.1 Å². The van der Waals surface area contributed by atoms with E-state index in [1.54, 1.807) is 0 Å². The Bertz CT molecular complexity index is 465. The van der Waals surface area contributed by atoms with E-state index in [2.05, 4.69) is 10.3 Å². The minimum atomic E-state index is -4.34. The van der Waals surface area contributed by atoms with Crippen molar-refractivity contribution in [2.75, 3.05) is 5.32 Å². The lowest BCUT2D eigenvalue weighted by molar-refractivity contribution is -0.151. The number of aromatic carboxylic acids is 1. The number of nitrogens with zero attached hydrogens (tertiary/aromatic N) is 1. The highest BCUT2D eigenvalue weighted by atomic mass is 32.1. The van der Waals surface area contributed by atoms with Gasteiger partial charge in [-0.05, 0) is 19.8 Å². The van der Waals surface area contributed by atoms with Gasteiger partial charge in [-0.1, -0.05) is 0 Å². The summed E-state index contributed by atoms with van der Waals surface area (Å²) in [6.07, 6.45) is -4.34. The number of carbonyl (C=O) groups is 1. The van der Waals surface area contributed by atoms with E-state index in [-0.39, 0.29) is 23.7 Å². The van der Waals surface area contributed by atoms with E-state index in [0.29, 0.717) is 4.88 Å². The summed E-state index contributed by atoms with van der Waals surface area (Å²) in [6, 6.07) is 0. The lowest BCUT2D eigenvalue weighted by atomic mass is 10.3. The van der Waals surface area contributed by atoms with Crippen LogP contribution in [0.4, 0.5) is 18.3 Å². The van der Waals surface area contributed by atoms with Gasteiger partial charge in [-0.2, -0.15) is 13.2 Å². The van der Waals surface area contributed by atoms with Gasteiger partial charge in [-0.25, -0.2) is 9.78 Å². The molecule has 0 aliphatic heterocycles. The number of nitrogens with one attached hydrogen (secondary N) is 1. The van der Waals surface area contributed by atoms with Gasteiger partial charge in [0, 0.05) is 4.88 Å². The van der Waals surface area contributed by atoms with Crippen LogP contribution in [0.3, 0.4) is 0 Å². The number of hydrogen-bond donors (Lipinski definition) is 2. The number of alkyl halides is 3. The monoisotopic (exact) mass is 266 g/mol. The Morgan fingerprint density at radius 1 is 1.53 bits per heavy atom. The molecule has 4 nitrogen and oxygen atoms in total. The zero-order valence-corrected chi connectivity index (χ0v) is 9.58. The fraction of sp³-hybridized carbons (Fsp3) is 0.556. The number of hydrogen-bond acceptors (Lipinski definition) is 4. The molecule has 1 aliphatic carbocycles. The van der Waals surface area contributed by atoms with E-state index in [1.165, 1.54) is 6.92 Å². The quantitative estimate of drug-likeness (QED) is 0.882. The topological polar surface area (TPSA) is 62.2 Å². The molecule has 1 aromatic rings. The number of carboxylic acids is 1. The lowest BCUT2D eigenvalue weighted by Crippen LogP contribution is -2.38. The number of aromatic nitrogens is 1. The third kappa shape index (κ3) is 2.08. The number of rotatable bonds is 3. The summed E-state index contributed by atoms with van der Waals surface area (Å²) in [5, 5.41) is 11.1. The summed E-state index contributed by atoms with van der Waals surface area (Å²) >= 11 is 0.923. The van der Waals surface area contributed by atoms with Crippen molar-refractivity contribution >= 4 is 22.4 Å². The maximum absolute atomic E-state index is 12.6. The molecule has 94 valence electrons. The van der Waals surface area contributed by atoms with E-state index >= 15 is 0 Å². The maximum atomic E-state index is 12.6. The third-order valence-corrected chi connectivity index (χ3v) is 3.52. The first-order chi connectivity index (χ1) is 7.75. The second kappa shape index (κ2) is 3.59. The van der Waals surface area contributed by atoms with Crippen LogP contribution in [0.1, 0.15) is 28.2 Å². The molecule has 0 amide bonds. The van der Waals surface area contributed by atoms with Crippen molar-refractivity contribution in [2.45, 2.75) is 31.5 Å². The van der Waals surface area contributed by atoms with Gasteiger partial charge < -0.3 is 10.4 Å². The average Bonchev–Trinajstić information content (AvgIpc) is 2.84. The first-order valence-corrected chi connectivity index (χ1v) is 5.62. The van der Waals surface area contributed by atoms with Crippen LogP contribution < -0.4 is 5.32 Å². The van der Waals surface area contributed by atoms with Crippen LogP contribution in [0, 0.1) is 6.92 Å². The summed E-state index contributed by atoms with van der Waals surface area (Å²) < 4.78 is 37.9. The van der Waals surface area contributed by atoms with Gasteiger partial charge in [0.15, 0.2) is 10.8 Å². The predicted octanol–water partition coefficient (Wildman–Crippen LogP) is 2.66. The third-order valence-electron chi connectivity index (χ3n) is 2.64. The highest BCUT2D eigenvalue weighted by molar-refractivity contribution is 7.15. The number of aryl methyl sites for hydroxylation is 1.